The first-order chi connectivity index (χ1) is 3.77. The summed E-state index contributed by atoms with van der Waals surface area (Å²) in [7, 11) is 1.50. The lowest BCUT2D eigenvalue weighted by Gasteiger charge is -1.80. The molecule has 0 aliphatic carbocycles. The van der Waals surface area contributed by atoms with E-state index in [1.54, 1.807) is 0 Å². The Morgan fingerprint density at radius 1 is 1.38 bits per heavy atom. The van der Waals surface area contributed by atoms with Gasteiger partial charge in [0, 0.05) is 0 Å². The van der Waals surface area contributed by atoms with Crippen LogP contribution in [0.15, 0.2) is 11.6 Å². The highest BCUT2D eigenvalue weighted by atomic mass is 14.4. The molecule has 0 bridgehead atoms. The van der Waals surface area contributed by atoms with E-state index >= 15 is 0 Å². The molecule has 0 amide bonds. The molecule has 0 aliphatic heterocycles. The largest absolute Gasteiger partial charge is 0.333 e. The highest BCUT2D eigenvalue weighted by Crippen LogP contribution is 1.88. The highest BCUT2D eigenvalue weighted by molar-refractivity contribution is 4.91. The molecular formula is C7H17N. The Balaban J connectivity index is 0. The third kappa shape index (κ3) is 17.3. The van der Waals surface area contributed by atoms with Crippen LogP contribution < -0.4 is 5.73 Å². The van der Waals surface area contributed by atoms with Crippen molar-refractivity contribution in [3.63, 3.8) is 0 Å². The van der Waals surface area contributed by atoms with E-state index in [9.17, 15) is 0 Å². The molecule has 0 aromatic carbocycles. The molecule has 0 rings (SSSR count). The minimum Gasteiger partial charge on any atom is -0.333 e. The summed E-state index contributed by atoms with van der Waals surface area (Å²) in [6, 6.07) is 0. The molecule has 8 heavy (non-hydrogen) atoms. The monoisotopic (exact) mass is 115 g/mol. The molecular weight excluding hydrogens is 98.1 g/mol. The molecule has 0 aromatic heterocycles. The van der Waals surface area contributed by atoms with E-state index in [1.807, 2.05) is 0 Å². The molecule has 0 radical (unpaired) electrons. The zero-order valence-corrected chi connectivity index (χ0v) is 6.36. The van der Waals surface area contributed by atoms with Gasteiger partial charge in [0.1, 0.15) is 0 Å². The van der Waals surface area contributed by atoms with E-state index < -0.39 is 0 Å². The van der Waals surface area contributed by atoms with Gasteiger partial charge in [0.05, 0.1) is 0 Å². The number of hydrogen-bond acceptors (Lipinski definition) is 1. The SMILES string of the molecule is CCC=C(C)C.CN. The average molecular weight is 115 g/mol. The van der Waals surface area contributed by atoms with Crippen LogP contribution in [0.25, 0.3) is 0 Å². The van der Waals surface area contributed by atoms with Crippen molar-refractivity contribution in [3.8, 4) is 0 Å². The fraction of sp³-hybridized carbons (Fsp3) is 0.714. The topological polar surface area (TPSA) is 26.0 Å². The molecule has 2 N–H and O–H groups in total. The molecule has 0 fully saturated rings. The number of hydrogen-bond donors (Lipinski definition) is 1. The summed E-state index contributed by atoms with van der Waals surface area (Å²) in [5, 5.41) is 0. The molecule has 0 spiro atoms. The maximum atomic E-state index is 4.50. The van der Waals surface area contributed by atoms with Crippen LogP contribution in [0.3, 0.4) is 0 Å². The predicted molar refractivity (Wildman–Crippen MR) is 39.8 cm³/mol. The van der Waals surface area contributed by atoms with E-state index in [4.69, 9.17) is 0 Å². The zero-order chi connectivity index (χ0) is 6.99. The van der Waals surface area contributed by atoms with Crippen LogP contribution in [0.2, 0.25) is 0 Å². The minimum absolute atomic E-state index is 1.17. The lowest BCUT2D eigenvalue weighted by molar-refractivity contribution is 1.18. The van der Waals surface area contributed by atoms with Crippen LogP contribution in [-0.2, 0) is 0 Å². The highest BCUT2D eigenvalue weighted by Gasteiger charge is 1.67. The van der Waals surface area contributed by atoms with Gasteiger partial charge in [-0.1, -0.05) is 18.6 Å². The lowest BCUT2D eigenvalue weighted by atomic mass is 10.3. The van der Waals surface area contributed by atoms with Crippen molar-refractivity contribution < 1.29 is 0 Å². The van der Waals surface area contributed by atoms with Crippen LogP contribution >= 0.6 is 0 Å². The maximum absolute atomic E-state index is 4.50. The second kappa shape index (κ2) is 9.85. The Hall–Kier alpha value is -0.300. The van der Waals surface area contributed by atoms with Crippen molar-refractivity contribution in [2.45, 2.75) is 27.2 Å². The van der Waals surface area contributed by atoms with Gasteiger partial charge in [-0.25, -0.2) is 0 Å². The predicted octanol–water partition coefficient (Wildman–Crippen LogP) is 1.94. The van der Waals surface area contributed by atoms with Crippen molar-refractivity contribution in [2.24, 2.45) is 5.73 Å². The Morgan fingerprint density at radius 2 is 1.75 bits per heavy atom. The maximum Gasteiger partial charge on any atom is -0.0195 e. The van der Waals surface area contributed by atoms with E-state index in [0.29, 0.717) is 0 Å². The van der Waals surface area contributed by atoms with Crippen LogP contribution in [-0.4, -0.2) is 7.05 Å². The Bertz CT molecular complexity index is 51.4. The van der Waals surface area contributed by atoms with Gasteiger partial charge in [0.2, 0.25) is 0 Å². The van der Waals surface area contributed by atoms with Gasteiger partial charge < -0.3 is 5.73 Å². The quantitative estimate of drug-likeness (QED) is 0.519. The molecule has 0 saturated heterocycles. The number of rotatable bonds is 1. The fourth-order valence-corrected chi connectivity index (χ4v) is 0.408. The lowest BCUT2D eigenvalue weighted by Crippen LogP contribution is -1.69. The van der Waals surface area contributed by atoms with Crippen LogP contribution in [0.1, 0.15) is 27.2 Å². The first kappa shape index (κ1) is 10.6. The normalized spacial score (nSPS) is 6.62. The summed E-state index contributed by atoms with van der Waals surface area (Å²) >= 11 is 0. The molecule has 1 nitrogen and oxygen atoms in total. The van der Waals surface area contributed by atoms with Crippen LogP contribution in [0, 0.1) is 0 Å². The summed E-state index contributed by atoms with van der Waals surface area (Å²) in [5.74, 6) is 0. The average Bonchev–Trinajstić information content (AvgIpc) is 1.72. The summed E-state index contributed by atoms with van der Waals surface area (Å²) < 4.78 is 0. The smallest absolute Gasteiger partial charge is 0.0195 e. The second-order valence-electron chi connectivity index (χ2n) is 1.69. The summed E-state index contributed by atoms with van der Waals surface area (Å²) in [4.78, 5) is 0. The van der Waals surface area contributed by atoms with Gasteiger partial charge in [0.25, 0.3) is 0 Å². The Kier molecular flexibility index (Phi) is 13.1. The van der Waals surface area contributed by atoms with Crippen LogP contribution in [0.5, 0.6) is 0 Å². The van der Waals surface area contributed by atoms with Crippen LogP contribution in [0.4, 0.5) is 0 Å². The minimum atomic E-state index is 1.17. The van der Waals surface area contributed by atoms with Gasteiger partial charge in [0.15, 0.2) is 0 Å². The molecule has 0 aromatic rings. The first-order valence-corrected chi connectivity index (χ1v) is 2.98. The molecule has 0 aliphatic rings. The van der Waals surface area contributed by atoms with Gasteiger partial charge in [-0.15, -0.1) is 0 Å². The Labute approximate surface area is 52.6 Å². The van der Waals surface area contributed by atoms with Crippen molar-refractivity contribution in [3.05, 3.63) is 11.6 Å². The number of allylic oxidation sites excluding steroid dienone is 2. The molecule has 1 heteroatoms. The first-order valence-electron chi connectivity index (χ1n) is 2.98. The fourth-order valence-electron chi connectivity index (χ4n) is 0.408. The third-order valence-corrected chi connectivity index (χ3v) is 0.612. The standard InChI is InChI=1S/C6H12.CH5N/c1-4-5-6(2)3;1-2/h5H,4H2,1-3H3;2H2,1H3. The summed E-state index contributed by atoms with van der Waals surface area (Å²) in [5.41, 5.74) is 5.91. The molecule has 0 unspecified atom stereocenters. The van der Waals surface area contributed by atoms with Crippen molar-refractivity contribution in [1.29, 1.82) is 0 Å². The molecule has 0 atom stereocenters. The van der Waals surface area contributed by atoms with Gasteiger partial charge in [-0.3, -0.25) is 0 Å². The van der Waals surface area contributed by atoms with Gasteiger partial charge in [-0.2, -0.15) is 0 Å². The van der Waals surface area contributed by atoms with Crippen molar-refractivity contribution >= 4 is 0 Å². The van der Waals surface area contributed by atoms with E-state index in [-0.39, 0.29) is 0 Å². The second-order valence-corrected chi connectivity index (χ2v) is 1.69. The summed E-state index contributed by atoms with van der Waals surface area (Å²) in [6.07, 6.45) is 3.38. The number of nitrogens with two attached hydrogens (primary N) is 1. The molecule has 0 heterocycles. The molecule has 50 valence electrons. The third-order valence-electron chi connectivity index (χ3n) is 0.612. The molecule has 0 saturated carbocycles. The van der Waals surface area contributed by atoms with E-state index in [2.05, 4.69) is 32.6 Å². The summed E-state index contributed by atoms with van der Waals surface area (Å²) in [6.45, 7) is 6.38. The van der Waals surface area contributed by atoms with Gasteiger partial charge in [-0.05, 0) is 27.3 Å². The Morgan fingerprint density at radius 3 is 1.75 bits per heavy atom. The van der Waals surface area contributed by atoms with E-state index in [0.717, 1.165) is 0 Å². The van der Waals surface area contributed by atoms with Crippen molar-refractivity contribution in [2.75, 3.05) is 7.05 Å². The zero-order valence-electron chi connectivity index (χ0n) is 6.36. The van der Waals surface area contributed by atoms with E-state index in [1.165, 1.54) is 19.0 Å². The van der Waals surface area contributed by atoms with Gasteiger partial charge >= 0.3 is 0 Å². The van der Waals surface area contributed by atoms with Crippen molar-refractivity contribution in [1.82, 2.24) is 0 Å².